The Morgan fingerprint density at radius 3 is 2.86 bits per heavy atom. The monoisotopic (exact) mass is 282 g/mol. The molecule has 0 aromatic heterocycles. The molecule has 0 radical (unpaired) electrons. The highest BCUT2D eigenvalue weighted by Gasteiger charge is 2.52. The summed E-state index contributed by atoms with van der Waals surface area (Å²) < 4.78 is 0. The molecule has 0 amide bonds. The van der Waals surface area contributed by atoms with Crippen LogP contribution in [0.5, 0.6) is 5.75 Å². The van der Waals surface area contributed by atoms with Gasteiger partial charge in [0.1, 0.15) is 5.75 Å². The Morgan fingerprint density at radius 2 is 2.05 bits per heavy atom. The zero-order valence-corrected chi connectivity index (χ0v) is 13.2. The molecule has 0 bridgehead atoms. The van der Waals surface area contributed by atoms with E-state index in [1.54, 1.807) is 11.1 Å². The van der Waals surface area contributed by atoms with E-state index in [2.05, 4.69) is 26.0 Å². The molecular weight excluding hydrogens is 256 g/mol. The van der Waals surface area contributed by atoms with Crippen molar-refractivity contribution >= 4 is 0 Å². The van der Waals surface area contributed by atoms with Gasteiger partial charge in [0.15, 0.2) is 0 Å². The van der Waals surface area contributed by atoms with Crippen LogP contribution in [0.2, 0.25) is 0 Å². The van der Waals surface area contributed by atoms with Gasteiger partial charge in [0.05, 0.1) is 0 Å². The lowest BCUT2D eigenvalue weighted by molar-refractivity contribution is 0.0813. The third-order valence-corrected chi connectivity index (χ3v) is 6.91. The smallest absolute Gasteiger partial charge is 0.115 e. The van der Waals surface area contributed by atoms with Crippen LogP contribution in [0.25, 0.3) is 0 Å². The predicted octanol–water partition coefficient (Wildman–Crippen LogP) is 5.19. The molecule has 1 heteroatoms. The van der Waals surface area contributed by atoms with Gasteiger partial charge in [-0.05, 0) is 91.9 Å². The van der Waals surface area contributed by atoms with E-state index in [1.165, 1.54) is 37.7 Å². The second-order valence-electron chi connectivity index (χ2n) is 7.61. The number of benzene rings is 1. The lowest BCUT2D eigenvalue weighted by atomic mass is 9.55. The summed E-state index contributed by atoms with van der Waals surface area (Å²) >= 11 is 0. The standard InChI is InChI=1S/C20H26O/c1-3-14-5-9-19-18-7-4-13-12-15(21)6-8-16(13)17(18)10-11-20(14,19)2/h3,6,8,12,17-19,21H,4-5,7,9-11H2,1-2H3/b14-3+. The minimum Gasteiger partial charge on any atom is -0.508 e. The Kier molecular flexibility index (Phi) is 2.96. The van der Waals surface area contributed by atoms with E-state index in [0.29, 0.717) is 11.2 Å². The van der Waals surface area contributed by atoms with E-state index in [-0.39, 0.29) is 0 Å². The van der Waals surface area contributed by atoms with Crippen LogP contribution in [0.15, 0.2) is 29.8 Å². The highest BCUT2D eigenvalue weighted by molar-refractivity contribution is 5.40. The summed E-state index contributed by atoms with van der Waals surface area (Å²) in [6, 6.07) is 6.10. The molecule has 1 aromatic carbocycles. The van der Waals surface area contributed by atoms with Crippen molar-refractivity contribution in [3.8, 4) is 5.75 Å². The molecule has 2 saturated carbocycles. The molecule has 0 spiro atoms. The van der Waals surface area contributed by atoms with E-state index >= 15 is 0 Å². The van der Waals surface area contributed by atoms with E-state index in [4.69, 9.17) is 0 Å². The van der Waals surface area contributed by atoms with Crippen molar-refractivity contribution in [3.05, 3.63) is 41.0 Å². The van der Waals surface area contributed by atoms with Crippen LogP contribution in [0.4, 0.5) is 0 Å². The van der Waals surface area contributed by atoms with Gasteiger partial charge in [-0.2, -0.15) is 0 Å². The van der Waals surface area contributed by atoms with Crippen molar-refractivity contribution in [2.75, 3.05) is 0 Å². The maximum atomic E-state index is 9.73. The van der Waals surface area contributed by atoms with Gasteiger partial charge in [-0.15, -0.1) is 0 Å². The Labute approximate surface area is 128 Å². The summed E-state index contributed by atoms with van der Waals surface area (Å²) in [7, 11) is 0. The number of hydrogen-bond acceptors (Lipinski definition) is 1. The predicted molar refractivity (Wildman–Crippen MR) is 86.5 cm³/mol. The lowest BCUT2D eigenvalue weighted by Crippen LogP contribution is -2.40. The van der Waals surface area contributed by atoms with Crippen LogP contribution < -0.4 is 0 Å². The van der Waals surface area contributed by atoms with Crippen LogP contribution in [0.3, 0.4) is 0 Å². The van der Waals surface area contributed by atoms with Gasteiger partial charge in [-0.1, -0.05) is 24.6 Å². The fraction of sp³-hybridized carbons (Fsp3) is 0.600. The average molecular weight is 282 g/mol. The number of rotatable bonds is 0. The summed E-state index contributed by atoms with van der Waals surface area (Å²) in [4.78, 5) is 0. The second kappa shape index (κ2) is 4.63. The Bertz CT molecular complexity index is 600. The normalized spacial score (nSPS) is 39.7. The molecule has 21 heavy (non-hydrogen) atoms. The molecule has 3 aliphatic rings. The van der Waals surface area contributed by atoms with Crippen molar-refractivity contribution in [3.63, 3.8) is 0 Å². The lowest BCUT2D eigenvalue weighted by Gasteiger charge is -2.49. The van der Waals surface area contributed by atoms with Crippen LogP contribution in [0.1, 0.15) is 63.0 Å². The van der Waals surface area contributed by atoms with Crippen LogP contribution in [-0.2, 0) is 6.42 Å². The van der Waals surface area contributed by atoms with Gasteiger partial charge < -0.3 is 5.11 Å². The first-order valence-electron chi connectivity index (χ1n) is 8.61. The number of fused-ring (bicyclic) bond motifs is 5. The molecule has 3 aliphatic carbocycles. The zero-order chi connectivity index (χ0) is 14.6. The van der Waals surface area contributed by atoms with Crippen molar-refractivity contribution in [1.82, 2.24) is 0 Å². The molecule has 112 valence electrons. The van der Waals surface area contributed by atoms with Gasteiger partial charge >= 0.3 is 0 Å². The van der Waals surface area contributed by atoms with Gasteiger partial charge in [-0.3, -0.25) is 0 Å². The first-order valence-corrected chi connectivity index (χ1v) is 8.61. The summed E-state index contributed by atoms with van der Waals surface area (Å²) in [5.41, 5.74) is 5.15. The molecule has 1 aromatic rings. The number of hydrogen-bond donors (Lipinski definition) is 1. The number of aryl methyl sites for hydroxylation is 1. The fourth-order valence-corrected chi connectivity index (χ4v) is 5.89. The van der Waals surface area contributed by atoms with Crippen LogP contribution in [0, 0.1) is 17.3 Å². The largest absolute Gasteiger partial charge is 0.508 e. The molecule has 4 unspecified atom stereocenters. The summed E-state index contributed by atoms with van der Waals surface area (Å²) in [6.07, 6.45) is 10.3. The average Bonchev–Trinajstić information content (AvgIpc) is 2.83. The highest BCUT2D eigenvalue weighted by Crippen LogP contribution is 2.62. The molecule has 2 fully saturated rings. The van der Waals surface area contributed by atoms with Gasteiger partial charge in [0, 0.05) is 0 Å². The molecule has 1 nitrogen and oxygen atoms in total. The summed E-state index contributed by atoms with van der Waals surface area (Å²) in [6.45, 7) is 4.76. The zero-order valence-electron chi connectivity index (χ0n) is 13.2. The Morgan fingerprint density at radius 1 is 1.19 bits per heavy atom. The molecule has 0 heterocycles. The van der Waals surface area contributed by atoms with E-state index in [9.17, 15) is 5.11 Å². The maximum Gasteiger partial charge on any atom is 0.115 e. The molecule has 4 rings (SSSR count). The molecule has 0 saturated heterocycles. The minimum absolute atomic E-state index is 0.435. The first kappa shape index (κ1) is 13.4. The Balaban J connectivity index is 1.72. The van der Waals surface area contributed by atoms with Crippen molar-refractivity contribution in [2.24, 2.45) is 17.3 Å². The van der Waals surface area contributed by atoms with Gasteiger partial charge in [0.25, 0.3) is 0 Å². The van der Waals surface area contributed by atoms with Crippen LogP contribution >= 0.6 is 0 Å². The molecule has 1 N–H and O–H groups in total. The fourth-order valence-electron chi connectivity index (χ4n) is 5.89. The van der Waals surface area contributed by atoms with Crippen molar-refractivity contribution in [1.29, 1.82) is 0 Å². The number of phenols is 1. The Hall–Kier alpha value is -1.24. The minimum atomic E-state index is 0.435. The van der Waals surface area contributed by atoms with Crippen molar-refractivity contribution < 1.29 is 5.11 Å². The van der Waals surface area contributed by atoms with E-state index in [1.807, 2.05) is 12.1 Å². The van der Waals surface area contributed by atoms with Crippen molar-refractivity contribution in [2.45, 2.75) is 58.3 Å². The summed E-state index contributed by atoms with van der Waals surface area (Å²) in [5.74, 6) is 2.91. The highest BCUT2D eigenvalue weighted by atomic mass is 16.3. The van der Waals surface area contributed by atoms with E-state index < -0.39 is 0 Å². The molecule has 4 atom stereocenters. The van der Waals surface area contributed by atoms with Crippen LogP contribution in [-0.4, -0.2) is 5.11 Å². The number of aromatic hydroxyl groups is 1. The van der Waals surface area contributed by atoms with Gasteiger partial charge in [0.2, 0.25) is 0 Å². The van der Waals surface area contributed by atoms with E-state index in [0.717, 1.165) is 24.2 Å². The third-order valence-electron chi connectivity index (χ3n) is 6.91. The number of phenolic OH excluding ortho intramolecular Hbond substituents is 1. The quantitative estimate of drug-likeness (QED) is 0.649. The first-order chi connectivity index (χ1) is 10.1. The van der Waals surface area contributed by atoms with Gasteiger partial charge in [-0.25, -0.2) is 0 Å². The summed E-state index contributed by atoms with van der Waals surface area (Å²) in [5, 5.41) is 9.73. The third kappa shape index (κ3) is 1.82. The number of allylic oxidation sites excluding steroid dienone is 2. The topological polar surface area (TPSA) is 20.2 Å². The SMILES string of the molecule is C/C=C1\CCC2C3CCc4cc(O)ccc4C3CCC12C. The molecule has 0 aliphatic heterocycles. The maximum absolute atomic E-state index is 9.73. The molecular formula is C20H26O. The second-order valence-corrected chi connectivity index (χ2v) is 7.61.